The van der Waals surface area contributed by atoms with E-state index in [1.807, 2.05) is 0 Å². The fourth-order valence-electron chi connectivity index (χ4n) is 1.08. The van der Waals surface area contributed by atoms with E-state index in [4.69, 9.17) is 11.3 Å². The molecular weight excluding hydrogens is 166 g/mol. The molecule has 1 rings (SSSR count). The highest BCUT2D eigenvalue weighted by Gasteiger charge is 2.06. The minimum absolute atomic E-state index is 0.0481. The Bertz CT molecular complexity index is 371. The minimum Gasteiger partial charge on any atom is -0.397 e. The van der Waals surface area contributed by atoms with Gasteiger partial charge in [0.15, 0.2) is 5.78 Å². The van der Waals surface area contributed by atoms with E-state index < -0.39 is 0 Å². The predicted octanol–water partition coefficient (Wildman–Crippen LogP) is 2.44. The van der Waals surface area contributed by atoms with Crippen molar-refractivity contribution in [2.75, 3.05) is 5.73 Å². The normalized spacial score (nSPS) is 9.69. The molecule has 4 nitrogen and oxygen atoms in total. The highest BCUT2D eigenvalue weighted by Crippen LogP contribution is 2.27. The number of aryl methyl sites for hydroxylation is 1. The van der Waals surface area contributed by atoms with Crippen molar-refractivity contribution in [1.82, 2.24) is 0 Å². The van der Waals surface area contributed by atoms with Crippen LogP contribution in [0.4, 0.5) is 11.4 Å². The molecule has 0 unspecified atom stereocenters. The van der Waals surface area contributed by atoms with Crippen molar-refractivity contribution in [3.8, 4) is 0 Å². The highest BCUT2D eigenvalue weighted by molar-refractivity contribution is 5.96. The van der Waals surface area contributed by atoms with Gasteiger partial charge in [0.25, 0.3) is 0 Å². The van der Waals surface area contributed by atoms with Gasteiger partial charge >= 0.3 is 0 Å². The Kier molecular flexibility index (Phi) is 2.41. The number of anilines is 1. The molecule has 0 aromatic heterocycles. The fraction of sp³-hybridized carbons (Fsp3) is 0.222. The quantitative estimate of drug-likeness (QED) is 0.413. The zero-order chi connectivity index (χ0) is 10.0. The van der Waals surface area contributed by atoms with Crippen LogP contribution < -0.4 is 5.73 Å². The van der Waals surface area contributed by atoms with Crippen LogP contribution in [0, 0.1) is 12.5 Å². The number of nitrogens with zero attached hydrogens (tertiary/aromatic N) is 1. The van der Waals surface area contributed by atoms with Crippen LogP contribution in [0.1, 0.15) is 22.8 Å². The van der Waals surface area contributed by atoms with E-state index in [1.54, 1.807) is 13.0 Å². The summed E-state index contributed by atoms with van der Waals surface area (Å²) >= 11 is 0. The fourth-order valence-corrected chi connectivity index (χ4v) is 1.08. The smallest absolute Gasteiger partial charge is 0.159 e. The molecule has 0 atom stereocenters. The van der Waals surface area contributed by atoms with Gasteiger partial charge in [0.2, 0.25) is 0 Å². The SMILES string of the molecule is CC(=O)c1cc(C)c(N)c(N=N)c1. The molecule has 0 aliphatic heterocycles. The molecule has 0 spiro atoms. The van der Waals surface area contributed by atoms with E-state index >= 15 is 0 Å². The van der Waals surface area contributed by atoms with Crippen molar-refractivity contribution in [3.05, 3.63) is 23.3 Å². The maximum atomic E-state index is 11.0. The van der Waals surface area contributed by atoms with Crippen molar-refractivity contribution in [1.29, 1.82) is 5.53 Å². The van der Waals surface area contributed by atoms with E-state index in [9.17, 15) is 4.79 Å². The topological polar surface area (TPSA) is 79.3 Å². The zero-order valence-corrected chi connectivity index (χ0v) is 7.59. The van der Waals surface area contributed by atoms with Crippen LogP contribution in [0.2, 0.25) is 0 Å². The average Bonchev–Trinajstić information content (AvgIpc) is 2.09. The lowest BCUT2D eigenvalue weighted by Crippen LogP contribution is -1.96. The summed E-state index contributed by atoms with van der Waals surface area (Å²) in [5.74, 6) is -0.0481. The van der Waals surface area contributed by atoms with Crippen LogP contribution in [0.3, 0.4) is 0 Å². The minimum atomic E-state index is -0.0481. The molecule has 0 fully saturated rings. The van der Waals surface area contributed by atoms with Gasteiger partial charge in [-0.2, -0.15) is 5.11 Å². The Balaban J connectivity index is 3.38. The molecule has 1 aromatic carbocycles. The molecule has 1 aromatic rings. The van der Waals surface area contributed by atoms with Crippen LogP contribution in [0.5, 0.6) is 0 Å². The van der Waals surface area contributed by atoms with Crippen molar-refractivity contribution >= 4 is 17.2 Å². The standard InChI is InChI=1S/C9H11N3O/c1-5-3-7(6(2)13)4-8(12-11)9(5)10/h3-4,11H,10H2,1-2H3. The second kappa shape index (κ2) is 3.35. The number of ketones is 1. The monoisotopic (exact) mass is 177 g/mol. The van der Waals surface area contributed by atoms with Crippen LogP contribution in [0.15, 0.2) is 17.2 Å². The van der Waals surface area contributed by atoms with Gasteiger partial charge in [-0.25, -0.2) is 5.53 Å². The van der Waals surface area contributed by atoms with Gasteiger partial charge in [-0.3, -0.25) is 4.79 Å². The Morgan fingerprint density at radius 3 is 2.62 bits per heavy atom. The number of nitrogens with two attached hydrogens (primary N) is 1. The first-order valence-electron chi connectivity index (χ1n) is 3.84. The number of carbonyl (C=O) groups excluding carboxylic acids is 1. The first-order chi connectivity index (χ1) is 6.06. The molecule has 0 aliphatic rings. The predicted molar refractivity (Wildman–Crippen MR) is 50.4 cm³/mol. The summed E-state index contributed by atoms with van der Waals surface area (Å²) in [7, 11) is 0. The molecule has 13 heavy (non-hydrogen) atoms. The Morgan fingerprint density at radius 2 is 2.15 bits per heavy atom. The molecule has 0 amide bonds. The molecular formula is C9H11N3O. The molecule has 0 saturated carbocycles. The van der Waals surface area contributed by atoms with E-state index in [0.717, 1.165) is 5.56 Å². The average molecular weight is 177 g/mol. The second-order valence-corrected chi connectivity index (χ2v) is 2.89. The van der Waals surface area contributed by atoms with Crippen LogP contribution in [-0.2, 0) is 0 Å². The third-order valence-corrected chi connectivity index (χ3v) is 1.89. The number of hydrogen-bond acceptors (Lipinski definition) is 4. The molecule has 0 bridgehead atoms. The lowest BCUT2D eigenvalue weighted by Gasteiger charge is -2.04. The van der Waals surface area contributed by atoms with Crippen molar-refractivity contribution < 1.29 is 4.79 Å². The first kappa shape index (κ1) is 9.38. The molecule has 3 N–H and O–H groups in total. The van der Waals surface area contributed by atoms with Gasteiger partial charge in [0.1, 0.15) is 5.69 Å². The number of Topliss-reactive ketones (excluding diaryl/α,β-unsaturated/α-hetero) is 1. The first-order valence-corrected chi connectivity index (χ1v) is 3.84. The summed E-state index contributed by atoms with van der Waals surface area (Å²) < 4.78 is 0. The number of benzene rings is 1. The molecule has 68 valence electrons. The summed E-state index contributed by atoms with van der Waals surface area (Å²) in [5.41, 5.74) is 14.6. The largest absolute Gasteiger partial charge is 0.397 e. The van der Waals surface area contributed by atoms with E-state index in [0.29, 0.717) is 16.9 Å². The molecule has 0 saturated heterocycles. The highest BCUT2D eigenvalue weighted by atomic mass is 16.1. The van der Waals surface area contributed by atoms with Crippen LogP contribution in [-0.4, -0.2) is 5.78 Å². The maximum Gasteiger partial charge on any atom is 0.159 e. The molecule has 0 heterocycles. The lowest BCUT2D eigenvalue weighted by molar-refractivity contribution is 0.101. The van der Waals surface area contributed by atoms with Crippen LogP contribution in [0.25, 0.3) is 0 Å². The lowest BCUT2D eigenvalue weighted by atomic mass is 10.1. The maximum absolute atomic E-state index is 11.0. The Labute approximate surface area is 76.3 Å². The van der Waals surface area contributed by atoms with Gasteiger partial charge in [-0.1, -0.05) is 0 Å². The van der Waals surface area contributed by atoms with Crippen molar-refractivity contribution in [3.63, 3.8) is 0 Å². The van der Waals surface area contributed by atoms with Crippen LogP contribution >= 0.6 is 0 Å². The number of rotatable bonds is 2. The Morgan fingerprint density at radius 1 is 1.54 bits per heavy atom. The van der Waals surface area contributed by atoms with E-state index in [2.05, 4.69) is 5.11 Å². The number of carbonyl (C=O) groups is 1. The number of nitrogen functional groups attached to an aromatic ring is 1. The zero-order valence-electron chi connectivity index (χ0n) is 7.59. The Hall–Kier alpha value is -1.71. The summed E-state index contributed by atoms with van der Waals surface area (Å²) in [4.78, 5) is 11.0. The van der Waals surface area contributed by atoms with Crippen molar-refractivity contribution in [2.24, 2.45) is 5.11 Å². The van der Waals surface area contributed by atoms with Gasteiger partial charge in [0.05, 0.1) is 5.69 Å². The van der Waals surface area contributed by atoms with Gasteiger partial charge in [-0.05, 0) is 31.5 Å². The summed E-state index contributed by atoms with van der Waals surface area (Å²) in [6.45, 7) is 3.26. The van der Waals surface area contributed by atoms with E-state index in [-0.39, 0.29) is 5.78 Å². The summed E-state index contributed by atoms with van der Waals surface area (Å²) in [6.07, 6.45) is 0. The third-order valence-electron chi connectivity index (χ3n) is 1.89. The van der Waals surface area contributed by atoms with Gasteiger partial charge in [-0.15, -0.1) is 0 Å². The van der Waals surface area contributed by atoms with Crippen molar-refractivity contribution in [2.45, 2.75) is 13.8 Å². The molecule has 0 aliphatic carbocycles. The van der Waals surface area contributed by atoms with E-state index in [1.165, 1.54) is 13.0 Å². The number of nitrogens with one attached hydrogen (secondary N) is 1. The number of hydrogen-bond donors (Lipinski definition) is 2. The summed E-state index contributed by atoms with van der Waals surface area (Å²) in [5, 5.41) is 3.25. The van der Waals surface area contributed by atoms with Gasteiger partial charge < -0.3 is 5.73 Å². The summed E-state index contributed by atoms with van der Waals surface area (Å²) in [6, 6.07) is 3.23. The third kappa shape index (κ3) is 1.72. The molecule has 4 heteroatoms. The molecule has 0 radical (unpaired) electrons. The van der Waals surface area contributed by atoms with Gasteiger partial charge in [0, 0.05) is 5.56 Å². The second-order valence-electron chi connectivity index (χ2n) is 2.89.